The first-order chi connectivity index (χ1) is 15.8. The third kappa shape index (κ3) is 6.07. The molecule has 1 aliphatic heterocycles. The number of carbonyl (C=O) groups excluding carboxylic acids is 1. The first-order valence-electron chi connectivity index (χ1n) is 11.5. The second-order valence-corrected chi connectivity index (χ2v) is 8.43. The predicted molar refractivity (Wildman–Crippen MR) is 126 cm³/mol. The average Bonchev–Trinajstić information content (AvgIpc) is 3.09. The Morgan fingerprint density at radius 2 is 1.97 bits per heavy atom. The molecule has 2 aromatic rings. The number of hydrogen-bond acceptors (Lipinski definition) is 7. The van der Waals surface area contributed by atoms with Gasteiger partial charge in [-0.15, -0.1) is 0 Å². The normalized spacial score (nSPS) is 19.0. The van der Waals surface area contributed by atoms with Crippen molar-refractivity contribution >= 4 is 28.8 Å². The summed E-state index contributed by atoms with van der Waals surface area (Å²) in [5.74, 6) is 1.24. The fourth-order valence-corrected chi connectivity index (χ4v) is 4.45. The van der Waals surface area contributed by atoms with E-state index in [1.54, 1.807) is 11.6 Å². The molecule has 1 aromatic heterocycles. The smallest absolute Gasteiger partial charge is 0.407 e. The number of ether oxygens (including phenoxy) is 2. The molecule has 0 spiro atoms. The number of aromatic nitrogens is 2. The van der Waals surface area contributed by atoms with E-state index in [1.165, 1.54) is 4.90 Å². The number of benzene rings is 1. The number of fused-ring (bicyclic) bond motifs is 1. The van der Waals surface area contributed by atoms with Crippen LogP contribution in [0.5, 0.6) is 5.75 Å². The molecule has 1 saturated heterocycles. The second-order valence-electron chi connectivity index (χ2n) is 8.43. The van der Waals surface area contributed by atoms with Crippen molar-refractivity contribution in [2.24, 2.45) is 7.05 Å². The van der Waals surface area contributed by atoms with Crippen molar-refractivity contribution < 1.29 is 24.2 Å². The topological polar surface area (TPSA) is 109 Å². The van der Waals surface area contributed by atoms with Gasteiger partial charge in [-0.2, -0.15) is 5.10 Å². The lowest BCUT2D eigenvalue weighted by atomic mass is 10.1. The summed E-state index contributed by atoms with van der Waals surface area (Å²) < 4.78 is 12.9. The lowest BCUT2D eigenvalue weighted by molar-refractivity contribution is -0.142. The highest BCUT2D eigenvalue weighted by atomic mass is 16.5. The van der Waals surface area contributed by atoms with Crippen molar-refractivity contribution in [1.29, 1.82) is 0 Å². The molecule has 0 unspecified atom stereocenters. The number of nitrogens with one attached hydrogen (secondary N) is 1. The fourth-order valence-electron chi connectivity index (χ4n) is 4.45. The molecule has 33 heavy (non-hydrogen) atoms. The lowest BCUT2D eigenvalue weighted by Gasteiger charge is -2.43. The van der Waals surface area contributed by atoms with E-state index in [9.17, 15) is 14.7 Å². The molecule has 1 aromatic carbocycles. The van der Waals surface area contributed by atoms with Gasteiger partial charge in [0.2, 0.25) is 0 Å². The minimum Gasteiger partial charge on any atom is -0.491 e. The number of esters is 1. The molecule has 1 fully saturated rings. The predicted octanol–water partition coefficient (Wildman–Crippen LogP) is 2.78. The third-order valence-corrected chi connectivity index (χ3v) is 5.94. The number of aryl methyl sites for hydroxylation is 1. The SMILES string of the molecule is CCOC(=O)CCNc1nn(C)c2c(OCCCN3[C@H](C)CN(C(=O)O)C[C@@H]3C)cccc12. The Bertz CT molecular complexity index is 950. The van der Waals surface area contributed by atoms with Gasteiger partial charge in [-0.3, -0.25) is 14.4 Å². The maximum atomic E-state index is 11.6. The van der Waals surface area contributed by atoms with Crippen LogP contribution in [0.1, 0.15) is 33.6 Å². The molecule has 3 rings (SSSR count). The summed E-state index contributed by atoms with van der Waals surface area (Å²) in [6, 6.07) is 6.20. The van der Waals surface area contributed by atoms with Crippen LogP contribution in [0.2, 0.25) is 0 Å². The maximum absolute atomic E-state index is 11.6. The first-order valence-corrected chi connectivity index (χ1v) is 11.5. The summed E-state index contributed by atoms with van der Waals surface area (Å²) in [6.07, 6.45) is 0.260. The van der Waals surface area contributed by atoms with Gasteiger partial charge >= 0.3 is 12.1 Å². The Morgan fingerprint density at radius 3 is 2.64 bits per heavy atom. The molecular weight excluding hydrogens is 426 g/mol. The number of carbonyl (C=O) groups is 2. The summed E-state index contributed by atoms with van der Waals surface area (Å²) in [6.45, 7) is 9.20. The van der Waals surface area contributed by atoms with Crippen molar-refractivity contribution in [2.75, 3.05) is 44.7 Å². The molecule has 2 heterocycles. The highest BCUT2D eigenvalue weighted by molar-refractivity contribution is 5.94. The van der Waals surface area contributed by atoms with Gasteiger partial charge in [-0.1, -0.05) is 6.07 Å². The van der Waals surface area contributed by atoms with Crippen LogP contribution in [-0.2, 0) is 16.6 Å². The van der Waals surface area contributed by atoms with E-state index in [0.717, 1.165) is 29.6 Å². The standard InChI is InChI=1S/C23H35N5O5/c1-5-32-20(29)10-11-24-22-18-8-6-9-19(21(18)26(4)25-22)33-13-7-12-28-16(2)14-27(23(30)31)15-17(28)3/h6,8-9,16-17H,5,7,10-15H2,1-4H3,(H,24,25)(H,30,31)/t16-,17+. The van der Waals surface area contributed by atoms with Crippen LogP contribution >= 0.6 is 0 Å². The number of para-hydroxylation sites is 1. The molecule has 2 N–H and O–H groups in total. The van der Waals surface area contributed by atoms with Crippen molar-refractivity contribution in [3.05, 3.63) is 18.2 Å². The van der Waals surface area contributed by atoms with Crippen molar-refractivity contribution in [3.63, 3.8) is 0 Å². The summed E-state index contributed by atoms with van der Waals surface area (Å²) >= 11 is 0. The van der Waals surface area contributed by atoms with Crippen molar-refractivity contribution in [2.45, 2.75) is 45.7 Å². The number of anilines is 1. The zero-order chi connectivity index (χ0) is 24.0. The number of hydrogen-bond donors (Lipinski definition) is 2. The number of carboxylic acid groups (broad SMARTS) is 1. The van der Waals surface area contributed by atoms with Gasteiger partial charge in [0.05, 0.1) is 19.6 Å². The highest BCUT2D eigenvalue weighted by Crippen LogP contribution is 2.30. The Labute approximate surface area is 194 Å². The van der Waals surface area contributed by atoms with Gasteiger partial charge in [0.15, 0.2) is 5.82 Å². The van der Waals surface area contributed by atoms with E-state index in [4.69, 9.17) is 9.47 Å². The molecule has 2 atom stereocenters. The van der Waals surface area contributed by atoms with Crippen LogP contribution in [0.25, 0.3) is 10.9 Å². The molecule has 10 nitrogen and oxygen atoms in total. The first kappa shape index (κ1) is 24.6. The third-order valence-electron chi connectivity index (χ3n) is 5.94. The van der Waals surface area contributed by atoms with Crippen LogP contribution < -0.4 is 10.1 Å². The van der Waals surface area contributed by atoms with Crippen LogP contribution in [0.4, 0.5) is 10.6 Å². The van der Waals surface area contributed by atoms with E-state index in [1.807, 2.05) is 25.2 Å². The minimum atomic E-state index is -0.851. The van der Waals surface area contributed by atoms with Gasteiger partial charge in [-0.05, 0) is 39.3 Å². The second kappa shape index (κ2) is 11.2. The quantitative estimate of drug-likeness (QED) is 0.411. The van der Waals surface area contributed by atoms with Crippen LogP contribution in [0.15, 0.2) is 18.2 Å². The van der Waals surface area contributed by atoms with Crippen molar-refractivity contribution in [1.82, 2.24) is 19.6 Å². The van der Waals surface area contributed by atoms with E-state index in [2.05, 4.69) is 29.2 Å². The van der Waals surface area contributed by atoms with Crippen LogP contribution in [0, 0.1) is 0 Å². The molecule has 1 amide bonds. The molecule has 10 heteroatoms. The largest absolute Gasteiger partial charge is 0.491 e. The lowest BCUT2D eigenvalue weighted by Crippen LogP contribution is -2.58. The van der Waals surface area contributed by atoms with Crippen molar-refractivity contribution in [3.8, 4) is 5.75 Å². The number of piperazine rings is 1. The van der Waals surface area contributed by atoms with Gasteiger partial charge < -0.3 is 24.8 Å². The molecule has 1 aliphatic rings. The van der Waals surface area contributed by atoms with E-state index in [0.29, 0.717) is 38.7 Å². The Morgan fingerprint density at radius 1 is 1.24 bits per heavy atom. The monoisotopic (exact) mass is 461 g/mol. The van der Waals surface area contributed by atoms with Gasteiger partial charge in [0, 0.05) is 50.7 Å². The summed E-state index contributed by atoms with van der Waals surface area (Å²) in [5, 5.41) is 18.0. The van der Waals surface area contributed by atoms with E-state index in [-0.39, 0.29) is 24.5 Å². The maximum Gasteiger partial charge on any atom is 0.407 e. The van der Waals surface area contributed by atoms with Gasteiger partial charge in [0.25, 0.3) is 0 Å². The summed E-state index contributed by atoms with van der Waals surface area (Å²) in [5.41, 5.74) is 0.896. The Hall–Kier alpha value is -3.01. The summed E-state index contributed by atoms with van der Waals surface area (Å²) in [7, 11) is 1.87. The Balaban J connectivity index is 1.55. The highest BCUT2D eigenvalue weighted by Gasteiger charge is 2.31. The fraction of sp³-hybridized carbons (Fsp3) is 0.609. The molecule has 182 valence electrons. The van der Waals surface area contributed by atoms with Crippen LogP contribution in [-0.4, -0.2) is 88.2 Å². The average molecular weight is 462 g/mol. The summed E-state index contributed by atoms with van der Waals surface area (Å²) in [4.78, 5) is 26.7. The molecule has 0 saturated carbocycles. The minimum absolute atomic E-state index is 0.175. The molecular formula is C23H35N5O5. The zero-order valence-corrected chi connectivity index (χ0v) is 19.9. The number of rotatable bonds is 10. The van der Waals surface area contributed by atoms with Crippen LogP contribution in [0.3, 0.4) is 0 Å². The molecule has 0 bridgehead atoms. The van der Waals surface area contributed by atoms with E-state index >= 15 is 0 Å². The van der Waals surface area contributed by atoms with Gasteiger partial charge in [0.1, 0.15) is 11.3 Å². The molecule has 0 aliphatic carbocycles. The van der Waals surface area contributed by atoms with E-state index < -0.39 is 6.09 Å². The zero-order valence-electron chi connectivity index (χ0n) is 19.9. The molecule has 0 radical (unpaired) electrons. The van der Waals surface area contributed by atoms with Gasteiger partial charge in [-0.25, -0.2) is 4.79 Å². The number of amides is 1. The number of nitrogens with zero attached hydrogens (tertiary/aromatic N) is 4. The Kier molecular flexibility index (Phi) is 8.37.